The van der Waals surface area contributed by atoms with Crippen molar-refractivity contribution in [2.24, 2.45) is 4.99 Å². The van der Waals surface area contributed by atoms with E-state index in [1.807, 2.05) is 32.0 Å². The molecule has 2 rings (SSSR count). The van der Waals surface area contributed by atoms with Crippen molar-refractivity contribution in [2.75, 3.05) is 0 Å². The van der Waals surface area contributed by atoms with Crippen molar-refractivity contribution in [3.8, 4) is 0 Å². The van der Waals surface area contributed by atoms with E-state index >= 15 is 0 Å². The van der Waals surface area contributed by atoms with Crippen molar-refractivity contribution >= 4 is 17.4 Å². The number of rotatable bonds is 5. The molecular weight excluding hydrogens is 308 g/mol. The summed E-state index contributed by atoms with van der Waals surface area (Å²) in [6.07, 6.45) is 0.157. The fourth-order valence-electron chi connectivity index (χ4n) is 2.17. The summed E-state index contributed by atoms with van der Waals surface area (Å²) >= 11 is 1.48. The molecule has 1 unspecified atom stereocenters. The van der Waals surface area contributed by atoms with Crippen LogP contribution < -0.4 is 4.80 Å². The van der Waals surface area contributed by atoms with Gasteiger partial charge in [-0.15, -0.1) is 16.3 Å². The topological polar surface area (TPSA) is 43.6 Å². The number of aromatic nitrogens is 1. The van der Waals surface area contributed by atoms with Crippen LogP contribution in [-0.4, -0.2) is 16.8 Å². The Morgan fingerprint density at radius 2 is 1.96 bits per heavy atom. The number of amides is 1. The van der Waals surface area contributed by atoms with Crippen LogP contribution in [-0.2, 0) is 11.3 Å². The van der Waals surface area contributed by atoms with E-state index in [4.69, 9.17) is 4.74 Å². The van der Waals surface area contributed by atoms with Crippen molar-refractivity contribution in [3.05, 3.63) is 51.8 Å². The molecule has 5 heteroatoms. The van der Waals surface area contributed by atoms with Gasteiger partial charge in [-0.05, 0) is 24.8 Å². The van der Waals surface area contributed by atoms with Gasteiger partial charge in [-0.25, -0.2) is 4.79 Å². The number of carbonyl (C=O) groups is 1. The number of hydrogen-bond acceptors (Lipinski definition) is 3. The minimum Gasteiger partial charge on any atom is -0.445 e. The lowest BCUT2D eigenvalue weighted by atomic mass is 10.1. The van der Waals surface area contributed by atoms with E-state index in [0.717, 1.165) is 6.42 Å². The molecule has 23 heavy (non-hydrogen) atoms. The van der Waals surface area contributed by atoms with E-state index in [1.165, 1.54) is 22.6 Å². The Labute approximate surface area is 141 Å². The number of benzene rings is 1. The average molecular weight is 332 g/mol. The minimum atomic E-state index is -0.515. The van der Waals surface area contributed by atoms with Gasteiger partial charge in [-0.2, -0.15) is 0 Å². The fraction of sp³-hybridized carbons (Fsp3) is 0.444. The van der Waals surface area contributed by atoms with Crippen LogP contribution in [0.25, 0.3) is 0 Å². The van der Waals surface area contributed by atoms with Gasteiger partial charge >= 0.3 is 6.09 Å². The molecule has 1 amide bonds. The lowest BCUT2D eigenvalue weighted by Gasteiger charge is -2.12. The quantitative estimate of drug-likeness (QED) is 0.806. The Morgan fingerprint density at radius 3 is 2.57 bits per heavy atom. The molecule has 1 aromatic carbocycles. The largest absolute Gasteiger partial charge is 0.445 e. The third kappa shape index (κ3) is 4.79. The summed E-state index contributed by atoms with van der Waals surface area (Å²) in [6, 6.07) is 10.2. The van der Waals surface area contributed by atoms with Gasteiger partial charge < -0.3 is 9.30 Å². The summed E-state index contributed by atoms with van der Waals surface area (Å²) in [4.78, 5) is 16.8. The third-order valence-electron chi connectivity index (χ3n) is 3.67. The molecule has 0 bridgehead atoms. The van der Waals surface area contributed by atoms with E-state index in [9.17, 15) is 4.79 Å². The highest BCUT2D eigenvalue weighted by Crippen LogP contribution is 2.16. The van der Waals surface area contributed by atoms with Gasteiger partial charge in [0.05, 0.1) is 6.54 Å². The first kappa shape index (κ1) is 17.5. The second kappa shape index (κ2) is 8.11. The average Bonchev–Trinajstić information content (AvgIpc) is 2.91. The molecule has 124 valence electrons. The predicted molar refractivity (Wildman–Crippen MR) is 93.7 cm³/mol. The third-order valence-corrected chi connectivity index (χ3v) is 4.55. The standard InChI is InChI=1S/C18H24N2O2S/c1-5-14(4)22-18(21)19-17-20(16(12-23-17)13(2)3)11-15-9-7-6-8-10-15/h6-10,12-14H,5,11H2,1-4H3. The van der Waals surface area contributed by atoms with Crippen molar-refractivity contribution in [2.45, 2.75) is 52.7 Å². The summed E-state index contributed by atoms with van der Waals surface area (Å²) in [7, 11) is 0. The molecule has 1 heterocycles. The van der Waals surface area contributed by atoms with E-state index in [1.54, 1.807) is 0 Å². The maximum atomic E-state index is 12.0. The maximum Gasteiger partial charge on any atom is 0.436 e. The van der Waals surface area contributed by atoms with Gasteiger partial charge in [-0.1, -0.05) is 51.1 Å². The van der Waals surface area contributed by atoms with Gasteiger partial charge in [0.15, 0.2) is 4.80 Å². The molecule has 1 atom stereocenters. The zero-order valence-corrected chi connectivity index (χ0v) is 15.0. The Bertz CT molecular complexity index is 701. The Balaban J connectivity index is 2.34. The van der Waals surface area contributed by atoms with Gasteiger partial charge in [0.25, 0.3) is 0 Å². The van der Waals surface area contributed by atoms with Crippen LogP contribution in [0, 0.1) is 0 Å². The summed E-state index contributed by atoms with van der Waals surface area (Å²) in [5.74, 6) is 0.365. The number of carbonyl (C=O) groups excluding carboxylic acids is 1. The fourth-order valence-corrected chi connectivity index (χ4v) is 3.22. The Morgan fingerprint density at radius 1 is 1.26 bits per heavy atom. The molecule has 0 radical (unpaired) electrons. The highest BCUT2D eigenvalue weighted by Gasteiger charge is 2.12. The van der Waals surface area contributed by atoms with Crippen molar-refractivity contribution in [1.82, 2.24) is 4.57 Å². The summed E-state index contributed by atoms with van der Waals surface area (Å²) in [5.41, 5.74) is 2.36. The highest BCUT2D eigenvalue weighted by atomic mass is 32.1. The van der Waals surface area contributed by atoms with Crippen molar-refractivity contribution in [3.63, 3.8) is 0 Å². The normalized spacial score (nSPS) is 13.3. The monoisotopic (exact) mass is 332 g/mol. The first-order valence-electron chi connectivity index (χ1n) is 7.98. The van der Waals surface area contributed by atoms with E-state index in [0.29, 0.717) is 17.3 Å². The smallest absolute Gasteiger partial charge is 0.436 e. The minimum absolute atomic E-state index is 0.113. The second-order valence-electron chi connectivity index (χ2n) is 5.88. The maximum absolute atomic E-state index is 12.0. The van der Waals surface area contributed by atoms with Gasteiger partial charge in [-0.3, -0.25) is 0 Å². The van der Waals surface area contributed by atoms with Crippen molar-refractivity contribution < 1.29 is 9.53 Å². The molecule has 0 spiro atoms. The first-order valence-corrected chi connectivity index (χ1v) is 8.86. The molecule has 0 saturated heterocycles. The van der Waals surface area contributed by atoms with Crippen LogP contribution in [0.4, 0.5) is 4.79 Å². The van der Waals surface area contributed by atoms with E-state index in [-0.39, 0.29) is 6.10 Å². The first-order chi connectivity index (χ1) is 11.0. The Hall–Kier alpha value is -1.88. The van der Waals surface area contributed by atoms with Crippen LogP contribution in [0.1, 0.15) is 51.3 Å². The molecule has 0 N–H and O–H groups in total. The van der Waals surface area contributed by atoms with E-state index in [2.05, 4.69) is 40.9 Å². The number of nitrogens with zero attached hydrogens (tertiary/aromatic N) is 2. The van der Waals surface area contributed by atoms with Gasteiger partial charge in [0.2, 0.25) is 0 Å². The van der Waals surface area contributed by atoms with Gasteiger partial charge in [0.1, 0.15) is 6.10 Å². The van der Waals surface area contributed by atoms with Crippen LogP contribution in [0.3, 0.4) is 0 Å². The lowest BCUT2D eigenvalue weighted by Crippen LogP contribution is -2.22. The number of hydrogen-bond donors (Lipinski definition) is 0. The predicted octanol–water partition coefficient (Wildman–Crippen LogP) is 4.56. The lowest BCUT2D eigenvalue weighted by molar-refractivity contribution is 0.113. The van der Waals surface area contributed by atoms with Crippen LogP contribution in [0.2, 0.25) is 0 Å². The number of thiazole rings is 1. The van der Waals surface area contributed by atoms with Crippen molar-refractivity contribution in [1.29, 1.82) is 0 Å². The molecule has 0 aliphatic carbocycles. The SMILES string of the molecule is CCC(C)OC(=O)N=c1scc(C(C)C)n1Cc1ccccc1. The molecule has 4 nitrogen and oxygen atoms in total. The Kier molecular flexibility index (Phi) is 6.16. The molecular formula is C18H24N2O2S. The van der Waals surface area contributed by atoms with Gasteiger partial charge in [0, 0.05) is 11.1 Å². The highest BCUT2D eigenvalue weighted by molar-refractivity contribution is 7.07. The summed E-state index contributed by atoms with van der Waals surface area (Å²) in [6.45, 7) is 8.85. The molecule has 2 aromatic rings. The molecule has 0 aliphatic rings. The summed E-state index contributed by atoms with van der Waals surface area (Å²) in [5, 5.41) is 2.07. The second-order valence-corrected chi connectivity index (χ2v) is 6.72. The number of ether oxygens (including phenoxy) is 1. The molecule has 0 saturated carbocycles. The molecule has 0 fully saturated rings. The van der Waals surface area contributed by atoms with Crippen LogP contribution in [0.15, 0.2) is 40.7 Å². The zero-order valence-electron chi connectivity index (χ0n) is 14.2. The summed E-state index contributed by atoms with van der Waals surface area (Å²) < 4.78 is 7.37. The van der Waals surface area contributed by atoms with E-state index < -0.39 is 6.09 Å². The molecule has 0 aliphatic heterocycles. The zero-order chi connectivity index (χ0) is 16.8. The molecule has 1 aromatic heterocycles. The van der Waals surface area contributed by atoms with Crippen LogP contribution in [0.5, 0.6) is 0 Å². The van der Waals surface area contributed by atoms with Crippen LogP contribution >= 0.6 is 11.3 Å².